The number of thiazole rings is 1. The summed E-state index contributed by atoms with van der Waals surface area (Å²) in [6.07, 6.45) is 5.22. The van der Waals surface area contributed by atoms with Crippen LogP contribution in [0.2, 0.25) is 0 Å². The summed E-state index contributed by atoms with van der Waals surface area (Å²) in [5, 5.41) is 9.21. The molecule has 1 atom stereocenters. The molecule has 2 aromatic rings. The van der Waals surface area contributed by atoms with Gasteiger partial charge in [-0.15, -0.1) is 11.3 Å². The standard InChI is InChI=1S/C16H26N4S/c1-7-8-17-11(2)13-9-18-15(21-13)12-10-20(6)19-14(12)16(3,4)5/h9-11,17H,7-8H2,1-6H3. The van der Waals surface area contributed by atoms with Crippen molar-refractivity contribution in [2.24, 2.45) is 7.05 Å². The van der Waals surface area contributed by atoms with E-state index in [9.17, 15) is 0 Å². The molecule has 0 aromatic carbocycles. The minimum atomic E-state index is 0.0223. The zero-order valence-corrected chi connectivity index (χ0v) is 14.7. The summed E-state index contributed by atoms with van der Waals surface area (Å²) in [7, 11) is 1.97. The molecule has 2 aromatic heterocycles. The Morgan fingerprint density at radius 2 is 2.10 bits per heavy atom. The van der Waals surface area contributed by atoms with Crippen LogP contribution in [0.1, 0.15) is 57.7 Å². The molecule has 0 aliphatic rings. The molecule has 0 saturated carbocycles. The van der Waals surface area contributed by atoms with Gasteiger partial charge in [-0.05, 0) is 19.9 Å². The lowest BCUT2D eigenvalue weighted by molar-refractivity contribution is 0.554. The fourth-order valence-corrected chi connectivity index (χ4v) is 3.23. The van der Waals surface area contributed by atoms with Crippen LogP contribution in [0.5, 0.6) is 0 Å². The first kappa shape index (κ1) is 16.2. The molecule has 0 amide bonds. The van der Waals surface area contributed by atoms with Crippen molar-refractivity contribution in [3.8, 4) is 10.6 Å². The van der Waals surface area contributed by atoms with Gasteiger partial charge in [0.2, 0.25) is 0 Å². The van der Waals surface area contributed by atoms with E-state index in [-0.39, 0.29) is 5.41 Å². The molecular formula is C16H26N4S. The van der Waals surface area contributed by atoms with Crippen LogP contribution in [0.3, 0.4) is 0 Å². The number of hydrogen-bond acceptors (Lipinski definition) is 4. The van der Waals surface area contributed by atoms with Gasteiger partial charge in [0.25, 0.3) is 0 Å². The molecule has 0 spiro atoms. The Hall–Kier alpha value is -1.20. The molecule has 5 heteroatoms. The summed E-state index contributed by atoms with van der Waals surface area (Å²) >= 11 is 1.76. The fourth-order valence-electron chi connectivity index (χ4n) is 2.27. The second-order valence-corrected chi connectivity index (χ2v) is 7.62. The molecule has 0 bridgehead atoms. The first-order valence-electron chi connectivity index (χ1n) is 7.56. The molecule has 0 aliphatic carbocycles. The van der Waals surface area contributed by atoms with E-state index >= 15 is 0 Å². The Kier molecular flexibility index (Phi) is 4.84. The van der Waals surface area contributed by atoms with Gasteiger partial charge < -0.3 is 5.32 Å². The zero-order chi connectivity index (χ0) is 15.6. The Morgan fingerprint density at radius 3 is 2.71 bits per heavy atom. The second-order valence-electron chi connectivity index (χ2n) is 6.56. The number of aromatic nitrogens is 3. The molecule has 0 aliphatic heterocycles. The lowest BCUT2D eigenvalue weighted by Gasteiger charge is -2.16. The van der Waals surface area contributed by atoms with Crippen molar-refractivity contribution in [3.63, 3.8) is 0 Å². The molecular weight excluding hydrogens is 280 g/mol. The van der Waals surface area contributed by atoms with Crippen molar-refractivity contribution in [1.82, 2.24) is 20.1 Å². The maximum absolute atomic E-state index is 4.63. The average molecular weight is 306 g/mol. The normalized spacial score (nSPS) is 13.6. The Morgan fingerprint density at radius 1 is 1.38 bits per heavy atom. The first-order chi connectivity index (χ1) is 9.82. The third kappa shape index (κ3) is 3.71. The van der Waals surface area contributed by atoms with Gasteiger partial charge in [0.15, 0.2) is 0 Å². The van der Waals surface area contributed by atoms with Gasteiger partial charge in [-0.3, -0.25) is 4.68 Å². The minimum Gasteiger partial charge on any atom is -0.309 e. The summed E-state index contributed by atoms with van der Waals surface area (Å²) < 4.78 is 1.88. The van der Waals surface area contributed by atoms with E-state index in [0.717, 1.165) is 29.2 Å². The van der Waals surface area contributed by atoms with E-state index < -0.39 is 0 Å². The van der Waals surface area contributed by atoms with Gasteiger partial charge in [-0.2, -0.15) is 5.10 Å². The maximum Gasteiger partial charge on any atom is 0.127 e. The summed E-state index contributed by atoms with van der Waals surface area (Å²) in [6, 6.07) is 0.353. The lowest BCUT2D eigenvalue weighted by atomic mass is 9.90. The molecule has 2 heterocycles. The van der Waals surface area contributed by atoms with Gasteiger partial charge in [0.05, 0.1) is 11.3 Å². The average Bonchev–Trinajstić information content (AvgIpc) is 3.01. The highest BCUT2D eigenvalue weighted by atomic mass is 32.1. The van der Waals surface area contributed by atoms with Crippen molar-refractivity contribution in [2.75, 3.05) is 6.54 Å². The molecule has 0 saturated heterocycles. The highest BCUT2D eigenvalue weighted by Gasteiger charge is 2.24. The number of hydrogen-bond donors (Lipinski definition) is 1. The summed E-state index contributed by atoms with van der Waals surface area (Å²) in [4.78, 5) is 5.91. The smallest absolute Gasteiger partial charge is 0.127 e. The van der Waals surface area contributed by atoms with Gasteiger partial charge >= 0.3 is 0 Å². The Bertz CT molecular complexity index is 592. The van der Waals surface area contributed by atoms with Crippen LogP contribution in [-0.4, -0.2) is 21.3 Å². The van der Waals surface area contributed by atoms with Crippen LogP contribution in [0.4, 0.5) is 0 Å². The zero-order valence-electron chi connectivity index (χ0n) is 13.9. The van der Waals surface area contributed by atoms with Gasteiger partial charge in [0, 0.05) is 35.8 Å². The third-order valence-corrected chi connectivity index (χ3v) is 4.63. The minimum absolute atomic E-state index is 0.0223. The predicted octanol–water partition coefficient (Wildman–Crippen LogP) is 3.90. The van der Waals surface area contributed by atoms with Crippen molar-refractivity contribution in [2.45, 2.75) is 52.5 Å². The summed E-state index contributed by atoms with van der Waals surface area (Å²) in [5.41, 5.74) is 2.29. The molecule has 0 radical (unpaired) electrons. The van der Waals surface area contributed by atoms with Crippen LogP contribution in [0.15, 0.2) is 12.4 Å². The largest absolute Gasteiger partial charge is 0.309 e. The van der Waals surface area contributed by atoms with Crippen LogP contribution in [0.25, 0.3) is 10.6 Å². The SMILES string of the molecule is CCCNC(C)c1cnc(-c2cn(C)nc2C(C)(C)C)s1. The monoisotopic (exact) mass is 306 g/mol. The number of rotatable bonds is 5. The molecule has 21 heavy (non-hydrogen) atoms. The molecule has 1 N–H and O–H groups in total. The molecule has 1 unspecified atom stereocenters. The quantitative estimate of drug-likeness (QED) is 0.911. The lowest BCUT2D eigenvalue weighted by Crippen LogP contribution is -2.18. The molecule has 116 valence electrons. The number of aryl methyl sites for hydroxylation is 1. The van der Waals surface area contributed by atoms with Crippen LogP contribution in [-0.2, 0) is 12.5 Å². The van der Waals surface area contributed by atoms with Gasteiger partial charge in [-0.25, -0.2) is 4.98 Å². The first-order valence-corrected chi connectivity index (χ1v) is 8.38. The van der Waals surface area contributed by atoms with Crippen molar-refractivity contribution in [3.05, 3.63) is 23.0 Å². The Labute approximate surface area is 131 Å². The van der Waals surface area contributed by atoms with Crippen molar-refractivity contribution < 1.29 is 0 Å². The number of nitrogens with one attached hydrogen (secondary N) is 1. The van der Waals surface area contributed by atoms with Crippen LogP contribution >= 0.6 is 11.3 Å². The second kappa shape index (κ2) is 6.28. The van der Waals surface area contributed by atoms with E-state index in [1.807, 2.05) is 17.9 Å². The highest BCUT2D eigenvalue weighted by molar-refractivity contribution is 7.15. The number of nitrogens with zero attached hydrogens (tertiary/aromatic N) is 3. The van der Waals surface area contributed by atoms with Gasteiger partial charge in [0.1, 0.15) is 5.01 Å². The molecule has 4 nitrogen and oxygen atoms in total. The van der Waals surface area contributed by atoms with E-state index in [0.29, 0.717) is 6.04 Å². The maximum atomic E-state index is 4.63. The van der Waals surface area contributed by atoms with Crippen molar-refractivity contribution >= 4 is 11.3 Å². The summed E-state index contributed by atoms with van der Waals surface area (Å²) in [5.74, 6) is 0. The molecule has 2 rings (SSSR count). The van der Waals surface area contributed by atoms with E-state index in [2.05, 4.69) is 56.2 Å². The fraction of sp³-hybridized carbons (Fsp3) is 0.625. The Balaban J connectivity index is 2.30. The topological polar surface area (TPSA) is 42.7 Å². The third-order valence-electron chi connectivity index (χ3n) is 3.42. The highest BCUT2D eigenvalue weighted by Crippen LogP contribution is 2.35. The van der Waals surface area contributed by atoms with Crippen LogP contribution < -0.4 is 5.32 Å². The summed E-state index contributed by atoms with van der Waals surface area (Å²) in [6.45, 7) is 12.0. The predicted molar refractivity (Wildman–Crippen MR) is 89.7 cm³/mol. The van der Waals surface area contributed by atoms with E-state index in [1.165, 1.54) is 4.88 Å². The molecule has 0 fully saturated rings. The van der Waals surface area contributed by atoms with E-state index in [1.54, 1.807) is 11.3 Å². The van der Waals surface area contributed by atoms with Crippen LogP contribution in [0, 0.1) is 0 Å². The van der Waals surface area contributed by atoms with Gasteiger partial charge in [-0.1, -0.05) is 27.7 Å². The van der Waals surface area contributed by atoms with E-state index in [4.69, 9.17) is 0 Å². The van der Waals surface area contributed by atoms with Crippen molar-refractivity contribution in [1.29, 1.82) is 0 Å².